The van der Waals surface area contributed by atoms with Gasteiger partial charge >= 0.3 is 6.03 Å². The Balaban J connectivity index is 1.60. The van der Waals surface area contributed by atoms with Crippen molar-refractivity contribution in [2.75, 3.05) is 5.32 Å². The summed E-state index contributed by atoms with van der Waals surface area (Å²) in [6.45, 7) is 3.36. The van der Waals surface area contributed by atoms with Gasteiger partial charge in [-0.1, -0.05) is 48.0 Å². The number of carbonyl (C=O) groups excluding carboxylic acids is 2. The predicted molar refractivity (Wildman–Crippen MR) is 140 cm³/mol. The van der Waals surface area contributed by atoms with Gasteiger partial charge in [0.15, 0.2) is 0 Å². The molecule has 0 atom stereocenters. The second kappa shape index (κ2) is 11.1. The van der Waals surface area contributed by atoms with Gasteiger partial charge < -0.3 is 10.1 Å². The van der Waals surface area contributed by atoms with Crippen LogP contribution in [0.2, 0.25) is 5.02 Å². The number of urea groups is 1. The van der Waals surface area contributed by atoms with Gasteiger partial charge in [-0.2, -0.15) is 5.26 Å². The number of halogens is 3. The monoisotopic (exact) mass is 531 g/mol. The minimum Gasteiger partial charge on any atom is -0.455 e. The molecule has 4 aromatic rings. The normalized spacial score (nSPS) is 10.4. The highest BCUT2D eigenvalue weighted by atomic mass is 35.5. The molecular formula is C29H20ClF2N3O3. The minimum atomic E-state index is -1.23. The number of benzene rings is 4. The highest BCUT2D eigenvalue weighted by Crippen LogP contribution is 2.42. The van der Waals surface area contributed by atoms with Crippen molar-refractivity contribution in [1.29, 1.82) is 5.26 Å². The SMILES string of the molecule is Cc1cc(NC(=O)NC(=O)c2c(F)cccc2F)c(C)c(Cl)c1Oc1ccc(C#N)cc1-c1ccccc1. The van der Waals surface area contributed by atoms with Crippen molar-refractivity contribution in [3.05, 3.63) is 112 Å². The molecule has 0 unspecified atom stereocenters. The Labute approximate surface area is 222 Å². The number of rotatable bonds is 5. The molecule has 0 bridgehead atoms. The molecular weight excluding hydrogens is 512 g/mol. The van der Waals surface area contributed by atoms with Crippen LogP contribution in [-0.4, -0.2) is 11.9 Å². The van der Waals surface area contributed by atoms with E-state index in [4.69, 9.17) is 16.3 Å². The van der Waals surface area contributed by atoms with E-state index < -0.39 is 29.1 Å². The Bertz CT molecular complexity index is 1580. The molecule has 0 saturated carbocycles. The van der Waals surface area contributed by atoms with Crippen LogP contribution in [0.15, 0.2) is 72.8 Å². The van der Waals surface area contributed by atoms with E-state index in [-0.39, 0.29) is 10.7 Å². The molecule has 0 aliphatic carbocycles. The first-order chi connectivity index (χ1) is 18.2. The molecule has 190 valence electrons. The van der Waals surface area contributed by atoms with E-state index in [0.717, 1.165) is 23.8 Å². The third kappa shape index (κ3) is 5.48. The van der Waals surface area contributed by atoms with Crippen LogP contribution in [0.1, 0.15) is 27.0 Å². The first kappa shape index (κ1) is 26.3. The first-order valence-corrected chi connectivity index (χ1v) is 11.7. The largest absolute Gasteiger partial charge is 0.455 e. The van der Waals surface area contributed by atoms with Crippen LogP contribution in [0.5, 0.6) is 11.5 Å². The summed E-state index contributed by atoms with van der Waals surface area (Å²) in [6.07, 6.45) is 0. The van der Waals surface area contributed by atoms with E-state index in [0.29, 0.717) is 33.8 Å². The standard InChI is InChI=1S/C29H20ClF2N3O3/c1-16-13-23(34-29(37)35-28(36)25-21(31)9-6-10-22(25)32)17(2)26(30)27(16)38-24-12-11-18(15-33)14-20(24)19-7-4-3-5-8-19/h3-14H,1-2H3,(H2,34,35,36,37). The maximum absolute atomic E-state index is 13.9. The summed E-state index contributed by atoms with van der Waals surface area (Å²) >= 11 is 6.62. The number of aryl methyl sites for hydroxylation is 1. The smallest absolute Gasteiger partial charge is 0.326 e. The molecule has 0 fully saturated rings. The molecule has 4 aromatic carbocycles. The number of imide groups is 1. The Kier molecular flexibility index (Phi) is 7.70. The van der Waals surface area contributed by atoms with Crippen molar-refractivity contribution in [3.63, 3.8) is 0 Å². The quantitative estimate of drug-likeness (QED) is 0.278. The number of nitriles is 1. The van der Waals surface area contributed by atoms with Crippen LogP contribution in [0.4, 0.5) is 19.3 Å². The average Bonchev–Trinajstić information content (AvgIpc) is 2.90. The highest BCUT2D eigenvalue weighted by molar-refractivity contribution is 6.33. The molecule has 3 amide bonds. The van der Waals surface area contributed by atoms with Crippen molar-refractivity contribution < 1.29 is 23.1 Å². The molecule has 38 heavy (non-hydrogen) atoms. The van der Waals surface area contributed by atoms with Crippen molar-refractivity contribution in [2.45, 2.75) is 13.8 Å². The van der Waals surface area contributed by atoms with Crippen molar-refractivity contribution in [2.24, 2.45) is 0 Å². The minimum absolute atomic E-state index is 0.204. The van der Waals surface area contributed by atoms with Gasteiger partial charge in [0.1, 0.15) is 28.7 Å². The number of hydrogen-bond donors (Lipinski definition) is 2. The summed E-state index contributed by atoms with van der Waals surface area (Å²) in [5, 5.41) is 14.0. The zero-order chi connectivity index (χ0) is 27.4. The third-order valence-electron chi connectivity index (χ3n) is 5.72. The second-order valence-corrected chi connectivity index (χ2v) is 8.68. The maximum Gasteiger partial charge on any atom is 0.326 e. The molecule has 0 aromatic heterocycles. The predicted octanol–water partition coefficient (Wildman–Crippen LogP) is 7.53. The molecule has 0 spiro atoms. The van der Waals surface area contributed by atoms with E-state index in [9.17, 15) is 23.6 Å². The Morgan fingerprint density at radius 1 is 0.947 bits per heavy atom. The van der Waals surface area contributed by atoms with Crippen LogP contribution in [-0.2, 0) is 0 Å². The number of carbonyl (C=O) groups is 2. The summed E-state index contributed by atoms with van der Waals surface area (Å²) in [5.41, 5.74) is 2.39. The molecule has 4 rings (SSSR count). The molecule has 0 radical (unpaired) electrons. The van der Waals surface area contributed by atoms with Gasteiger partial charge in [-0.15, -0.1) is 0 Å². The number of nitrogens with one attached hydrogen (secondary N) is 2. The number of hydrogen-bond acceptors (Lipinski definition) is 4. The number of ether oxygens (including phenoxy) is 1. The summed E-state index contributed by atoms with van der Waals surface area (Å²) in [4.78, 5) is 24.7. The fourth-order valence-corrected chi connectivity index (χ4v) is 4.07. The van der Waals surface area contributed by atoms with Gasteiger partial charge in [-0.05, 0) is 66.9 Å². The van der Waals surface area contributed by atoms with Crippen molar-refractivity contribution in [1.82, 2.24) is 5.32 Å². The maximum atomic E-state index is 13.9. The van der Waals surface area contributed by atoms with Gasteiger partial charge in [-0.25, -0.2) is 13.6 Å². The topological polar surface area (TPSA) is 91.2 Å². The first-order valence-electron chi connectivity index (χ1n) is 11.3. The van der Waals surface area contributed by atoms with Crippen LogP contribution in [0, 0.1) is 36.8 Å². The Hall–Kier alpha value is -4.74. The Morgan fingerprint density at radius 3 is 2.29 bits per heavy atom. The fourth-order valence-electron chi connectivity index (χ4n) is 3.78. The van der Waals surface area contributed by atoms with E-state index in [1.54, 1.807) is 38.1 Å². The summed E-state index contributed by atoms with van der Waals surface area (Å²) in [6, 6.07) is 20.1. The van der Waals surface area contributed by atoms with Gasteiger partial charge in [0.2, 0.25) is 0 Å². The zero-order valence-corrected chi connectivity index (χ0v) is 21.0. The van der Waals surface area contributed by atoms with Gasteiger partial charge in [-0.3, -0.25) is 10.1 Å². The fraction of sp³-hybridized carbons (Fsp3) is 0.0690. The van der Waals surface area contributed by atoms with Crippen LogP contribution in [0.3, 0.4) is 0 Å². The van der Waals surface area contributed by atoms with E-state index in [1.165, 1.54) is 0 Å². The molecule has 6 nitrogen and oxygen atoms in total. The third-order valence-corrected chi connectivity index (χ3v) is 6.18. The molecule has 0 aliphatic rings. The zero-order valence-electron chi connectivity index (χ0n) is 20.2. The van der Waals surface area contributed by atoms with Crippen molar-refractivity contribution in [3.8, 4) is 28.7 Å². The molecule has 0 saturated heterocycles. The number of nitrogens with zero attached hydrogens (tertiary/aromatic N) is 1. The van der Waals surface area contributed by atoms with Crippen molar-refractivity contribution >= 4 is 29.2 Å². The lowest BCUT2D eigenvalue weighted by Crippen LogP contribution is -2.35. The van der Waals surface area contributed by atoms with E-state index in [1.807, 2.05) is 35.6 Å². The molecule has 9 heteroatoms. The summed E-state index contributed by atoms with van der Waals surface area (Å²) < 4.78 is 33.9. The Morgan fingerprint density at radius 2 is 1.63 bits per heavy atom. The van der Waals surface area contributed by atoms with Gasteiger partial charge in [0.05, 0.1) is 16.7 Å². The number of amides is 3. The highest BCUT2D eigenvalue weighted by Gasteiger charge is 2.21. The molecule has 2 N–H and O–H groups in total. The lowest BCUT2D eigenvalue weighted by atomic mass is 10.0. The van der Waals surface area contributed by atoms with Crippen LogP contribution >= 0.6 is 11.6 Å². The average molecular weight is 532 g/mol. The van der Waals surface area contributed by atoms with Crippen LogP contribution < -0.4 is 15.4 Å². The number of anilines is 1. The molecule has 0 heterocycles. The molecule has 0 aliphatic heterocycles. The van der Waals surface area contributed by atoms with E-state index in [2.05, 4.69) is 11.4 Å². The van der Waals surface area contributed by atoms with Gasteiger partial charge in [0.25, 0.3) is 5.91 Å². The van der Waals surface area contributed by atoms with E-state index >= 15 is 0 Å². The second-order valence-electron chi connectivity index (χ2n) is 8.30. The lowest BCUT2D eigenvalue weighted by molar-refractivity contribution is 0.0959. The van der Waals surface area contributed by atoms with Crippen LogP contribution in [0.25, 0.3) is 11.1 Å². The summed E-state index contributed by atoms with van der Waals surface area (Å²) in [5.74, 6) is -2.61. The summed E-state index contributed by atoms with van der Waals surface area (Å²) in [7, 11) is 0. The van der Waals surface area contributed by atoms with Gasteiger partial charge in [0, 0.05) is 11.3 Å². The lowest BCUT2D eigenvalue weighted by Gasteiger charge is -2.18.